The van der Waals surface area contributed by atoms with Crippen molar-refractivity contribution in [1.82, 2.24) is 9.97 Å². The molecule has 0 aliphatic carbocycles. The van der Waals surface area contributed by atoms with Crippen molar-refractivity contribution in [3.05, 3.63) is 47.2 Å². The highest BCUT2D eigenvalue weighted by Crippen LogP contribution is 2.21. The molecule has 2 aromatic rings. The Labute approximate surface area is 128 Å². The van der Waals surface area contributed by atoms with Gasteiger partial charge in [0.2, 0.25) is 5.95 Å². The molecule has 21 heavy (non-hydrogen) atoms. The number of hydrogen-bond acceptors (Lipinski definition) is 5. The lowest BCUT2D eigenvalue weighted by atomic mass is 10.2. The Morgan fingerprint density at radius 2 is 1.86 bits per heavy atom. The Hall–Kier alpha value is -2.32. The summed E-state index contributed by atoms with van der Waals surface area (Å²) in [6, 6.07) is 11.5. The van der Waals surface area contributed by atoms with E-state index in [2.05, 4.69) is 25.8 Å². The maximum absolute atomic E-state index is 8.90. The van der Waals surface area contributed by atoms with Crippen molar-refractivity contribution in [1.29, 1.82) is 5.26 Å². The highest BCUT2D eigenvalue weighted by atomic mass is 35.5. The molecule has 0 radical (unpaired) electrons. The summed E-state index contributed by atoms with van der Waals surface area (Å²) in [7, 11) is 0. The number of hydrogen-bond donors (Lipinski definition) is 0. The van der Waals surface area contributed by atoms with Crippen LogP contribution in [0.1, 0.15) is 5.69 Å². The molecule has 0 unspecified atom stereocenters. The molecule has 0 spiro atoms. The molecular weight excluding hydrogens is 286 g/mol. The smallest absolute Gasteiger partial charge is 0.226 e. The van der Waals surface area contributed by atoms with Crippen LogP contribution in [0.15, 0.2) is 36.5 Å². The second-order valence-corrected chi connectivity index (χ2v) is 5.24. The molecule has 106 valence electrons. The number of nitriles is 1. The van der Waals surface area contributed by atoms with E-state index in [0.717, 1.165) is 36.9 Å². The highest BCUT2D eigenvalue weighted by Gasteiger charge is 2.19. The molecule has 1 aromatic carbocycles. The zero-order valence-electron chi connectivity index (χ0n) is 11.4. The van der Waals surface area contributed by atoms with Crippen molar-refractivity contribution >= 4 is 23.2 Å². The molecule has 0 atom stereocenters. The number of aromatic nitrogens is 2. The molecule has 5 nitrogen and oxygen atoms in total. The Kier molecular flexibility index (Phi) is 3.89. The van der Waals surface area contributed by atoms with Gasteiger partial charge in [0.1, 0.15) is 11.8 Å². The van der Waals surface area contributed by atoms with E-state index in [1.165, 1.54) is 0 Å². The minimum Gasteiger partial charge on any atom is -0.368 e. The highest BCUT2D eigenvalue weighted by molar-refractivity contribution is 6.30. The van der Waals surface area contributed by atoms with Gasteiger partial charge in [-0.3, -0.25) is 0 Å². The summed E-state index contributed by atoms with van der Waals surface area (Å²) in [5.74, 6) is 0.625. The minimum atomic E-state index is 0.400. The van der Waals surface area contributed by atoms with Crippen LogP contribution in [0.2, 0.25) is 5.02 Å². The minimum absolute atomic E-state index is 0.400. The van der Waals surface area contributed by atoms with Crippen LogP contribution in [-0.4, -0.2) is 36.1 Å². The number of piperazine rings is 1. The fourth-order valence-corrected chi connectivity index (χ4v) is 2.59. The maximum atomic E-state index is 8.90. The molecule has 0 amide bonds. The van der Waals surface area contributed by atoms with E-state index in [9.17, 15) is 0 Å². The second-order valence-electron chi connectivity index (χ2n) is 4.81. The third-order valence-electron chi connectivity index (χ3n) is 3.49. The fourth-order valence-electron chi connectivity index (χ4n) is 2.40. The van der Waals surface area contributed by atoms with Gasteiger partial charge in [-0.25, -0.2) is 9.97 Å². The summed E-state index contributed by atoms with van der Waals surface area (Å²) in [4.78, 5) is 12.9. The predicted octanol–water partition coefficient (Wildman–Crippen LogP) is 2.33. The van der Waals surface area contributed by atoms with Gasteiger partial charge in [-0.2, -0.15) is 5.26 Å². The van der Waals surface area contributed by atoms with Gasteiger partial charge in [-0.1, -0.05) is 17.7 Å². The monoisotopic (exact) mass is 299 g/mol. The average molecular weight is 300 g/mol. The molecule has 1 saturated heterocycles. The van der Waals surface area contributed by atoms with Crippen molar-refractivity contribution in [3.8, 4) is 6.07 Å². The van der Waals surface area contributed by atoms with Gasteiger partial charge in [-0.15, -0.1) is 0 Å². The number of rotatable bonds is 2. The van der Waals surface area contributed by atoms with E-state index in [1.807, 2.05) is 24.3 Å². The van der Waals surface area contributed by atoms with Gasteiger partial charge in [0, 0.05) is 43.1 Å². The maximum Gasteiger partial charge on any atom is 0.226 e. The van der Waals surface area contributed by atoms with Crippen molar-refractivity contribution in [3.63, 3.8) is 0 Å². The quantitative estimate of drug-likeness (QED) is 0.852. The van der Waals surface area contributed by atoms with Gasteiger partial charge in [0.15, 0.2) is 0 Å². The van der Waals surface area contributed by atoms with Gasteiger partial charge in [0.25, 0.3) is 0 Å². The van der Waals surface area contributed by atoms with Crippen LogP contribution in [0.25, 0.3) is 0 Å². The largest absolute Gasteiger partial charge is 0.368 e. The first kappa shape index (κ1) is 13.7. The second kappa shape index (κ2) is 5.98. The summed E-state index contributed by atoms with van der Waals surface area (Å²) < 4.78 is 0. The Morgan fingerprint density at radius 1 is 1.10 bits per heavy atom. The van der Waals surface area contributed by atoms with E-state index in [4.69, 9.17) is 16.9 Å². The molecule has 1 aliphatic rings. The first-order valence-electron chi connectivity index (χ1n) is 6.75. The zero-order chi connectivity index (χ0) is 14.7. The third-order valence-corrected chi connectivity index (χ3v) is 3.73. The molecule has 0 N–H and O–H groups in total. The molecule has 0 saturated carbocycles. The Bertz CT molecular complexity index is 674. The van der Waals surface area contributed by atoms with Crippen LogP contribution < -0.4 is 9.80 Å². The molecular formula is C15H14ClN5. The fraction of sp³-hybridized carbons (Fsp3) is 0.267. The van der Waals surface area contributed by atoms with Gasteiger partial charge < -0.3 is 9.80 Å². The number of nitrogens with zero attached hydrogens (tertiary/aromatic N) is 5. The molecule has 1 aromatic heterocycles. The average Bonchev–Trinajstić information content (AvgIpc) is 2.55. The van der Waals surface area contributed by atoms with Crippen molar-refractivity contribution in [2.75, 3.05) is 36.0 Å². The third kappa shape index (κ3) is 3.06. The van der Waals surface area contributed by atoms with Crippen LogP contribution in [0.3, 0.4) is 0 Å². The summed E-state index contributed by atoms with van der Waals surface area (Å²) >= 11 is 6.03. The summed E-state index contributed by atoms with van der Waals surface area (Å²) in [5.41, 5.74) is 1.53. The predicted molar refractivity (Wildman–Crippen MR) is 82.6 cm³/mol. The van der Waals surface area contributed by atoms with E-state index in [1.54, 1.807) is 12.3 Å². The van der Waals surface area contributed by atoms with E-state index in [0.29, 0.717) is 11.6 Å². The molecule has 1 fully saturated rings. The van der Waals surface area contributed by atoms with Gasteiger partial charge in [0.05, 0.1) is 0 Å². The Balaban J connectivity index is 1.69. The zero-order valence-corrected chi connectivity index (χ0v) is 12.2. The SMILES string of the molecule is N#Cc1ccnc(N2CCN(c3cccc(Cl)c3)CC2)n1. The van der Waals surface area contributed by atoms with Crippen LogP contribution in [0, 0.1) is 11.3 Å². The summed E-state index contributed by atoms with van der Waals surface area (Å²) in [5, 5.41) is 9.65. The van der Waals surface area contributed by atoms with Crippen molar-refractivity contribution < 1.29 is 0 Å². The lowest BCUT2D eigenvalue weighted by Crippen LogP contribution is -2.47. The molecule has 3 rings (SSSR count). The van der Waals surface area contributed by atoms with Gasteiger partial charge >= 0.3 is 0 Å². The summed E-state index contributed by atoms with van der Waals surface area (Å²) in [6.07, 6.45) is 1.63. The number of halogens is 1. The van der Waals surface area contributed by atoms with Crippen LogP contribution in [-0.2, 0) is 0 Å². The number of anilines is 2. The van der Waals surface area contributed by atoms with E-state index < -0.39 is 0 Å². The molecule has 0 bridgehead atoms. The van der Waals surface area contributed by atoms with E-state index >= 15 is 0 Å². The normalized spacial score (nSPS) is 14.9. The van der Waals surface area contributed by atoms with Crippen molar-refractivity contribution in [2.24, 2.45) is 0 Å². The molecule has 6 heteroatoms. The van der Waals surface area contributed by atoms with E-state index in [-0.39, 0.29) is 0 Å². The topological polar surface area (TPSA) is 56.1 Å². The van der Waals surface area contributed by atoms with Crippen LogP contribution >= 0.6 is 11.6 Å². The van der Waals surface area contributed by atoms with Crippen LogP contribution in [0.5, 0.6) is 0 Å². The standard InChI is InChI=1S/C15H14ClN5/c16-12-2-1-3-14(10-12)20-6-8-21(9-7-20)15-18-5-4-13(11-17)19-15/h1-5,10H,6-9H2. The van der Waals surface area contributed by atoms with Gasteiger partial charge in [-0.05, 0) is 24.3 Å². The first-order valence-corrected chi connectivity index (χ1v) is 7.13. The lowest BCUT2D eigenvalue weighted by Gasteiger charge is -2.36. The van der Waals surface area contributed by atoms with Crippen molar-refractivity contribution in [2.45, 2.75) is 0 Å². The lowest BCUT2D eigenvalue weighted by molar-refractivity contribution is 0.639. The van der Waals surface area contributed by atoms with Crippen LogP contribution in [0.4, 0.5) is 11.6 Å². The number of benzene rings is 1. The molecule has 2 heterocycles. The first-order chi connectivity index (χ1) is 10.3. The molecule has 1 aliphatic heterocycles. The Morgan fingerprint density at radius 3 is 2.57 bits per heavy atom. The summed E-state index contributed by atoms with van der Waals surface area (Å²) in [6.45, 7) is 3.39.